The molecular weight excluding hydrogens is 224 g/mol. The number of nitrogens with zero attached hydrogens (tertiary/aromatic N) is 1. The number of nitriles is 1. The molecule has 94 valence electrons. The largest absolute Gasteiger partial charge is 0.313 e. The van der Waals surface area contributed by atoms with Crippen LogP contribution in [0, 0.1) is 16.7 Å². The summed E-state index contributed by atoms with van der Waals surface area (Å²) in [5.41, 5.74) is 0.0293. The second kappa shape index (κ2) is 6.21. The molecule has 0 aliphatic heterocycles. The van der Waals surface area contributed by atoms with Gasteiger partial charge in [-0.25, -0.2) is 8.42 Å². The van der Waals surface area contributed by atoms with Crippen LogP contribution in [0.1, 0.15) is 33.6 Å². The zero-order valence-electron chi connectivity index (χ0n) is 10.6. The standard InChI is InChI=1S/C11H22N2O2S/c1-10(8-16(4,14)15)13-9-11(2,3)6-5-7-12/h10,13H,5-6,8-9H2,1-4H3. The minimum absolute atomic E-state index is 0.0293. The lowest BCUT2D eigenvalue weighted by Crippen LogP contribution is -2.39. The van der Waals surface area contributed by atoms with Gasteiger partial charge in [0.05, 0.1) is 11.8 Å². The van der Waals surface area contributed by atoms with Gasteiger partial charge in [-0.2, -0.15) is 5.26 Å². The summed E-state index contributed by atoms with van der Waals surface area (Å²) < 4.78 is 22.1. The summed E-state index contributed by atoms with van der Waals surface area (Å²) in [6.45, 7) is 6.74. The van der Waals surface area contributed by atoms with Gasteiger partial charge in [-0.1, -0.05) is 13.8 Å². The van der Waals surface area contributed by atoms with Gasteiger partial charge in [0, 0.05) is 25.3 Å². The minimum atomic E-state index is -2.92. The number of sulfone groups is 1. The molecule has 16 heavy (non-hydrogen) atoms. The van der Waals surface area contributed by atoms with Crippen LogP contribution < -0.4 is 5.32 Å². The molecule has 1 unspecified atom stereocenters. The van der Waals surface area contributed by atoms with E-state index in [9.17, 15) is 8.42 Å². The second-order valence-corrected chi connectivity index (χ2v) is 7.38. The molecule has 4 nitrogen and oxygen atoms in total. The summed E-state index contributed by atoms with van der Waals surface area (Å²) in [5.74, 6) is 0.154. The van der Waals surface area contributed by atoms with E-state index in [1.807, 2.05) is 6.92 Å². The molecule has 5 heteroatoms. The lowest BCUT2D eigenvalue weighted by Gasteiger charge is -2.26. The van der Waals surface area contributed by atoms with E-state index in [4.69, 9.17) is 5.26 Å². The Hall–Kier alpha value is -0.600. The van der Waals surface area contributed by atoms with Crippen LogP contribution in [-0.2, 0) is 9.84 Å². The summed E-state index contributed by atoms with van der Waals surface area (Å²) in [6.07, 6.45) is 2.60. The molecule has 0 bridgehead atoms. The van der Waals surface area contributed by atoms with Crippen LogP contribution in [0.4, 0.5) is 0 Å². The minimum Gasteiger partial charge on any atom is -0.313 e. The lowest BCUT2D eigenvalue weighted by molar-refractivity contribution is 0.307. The molecule has 0 radical (unpaired) electrons. The Morgan fingerprint density at radius 2 is 2.00 bits per heavy atom. The van der Waals surface area contributed by atoms with Crippen molar-refractivity contribution in [3.8, 4) is 6.07 Å². The summed E-state index contributed by atoms with van der Waals surface area (Å²) >= 11 is 0. The molecule has 0 spiro atoms. The van der Waals surface area contributed by atoms with Gasteiger partial charge in [-0.3, -0.25) is 0 Å². The van der Waals surface area contributed by atoms with Crippen LogP contribution in [0.25, 0.3) is 0 Å². The molecule has 0 aromatic carbocycles. The van der Waals surface area contributed by atoms with Gasteiger partial charge >= 0.3 is 0 Å². The van der Waals surface area contributed by atoms with Crippen LogP contribution in [0.5, 0.6) is 0 Å². The highest BCUT2D eigenvalue weighted by molar-refractivity contribution is 7.90. The Kier molecular flexibility index (Phi) is 5.98. The van der Waals surface area contributed by atoms with Gasteiger partial charge in [0.2, 0.25) is 0 Å². The van der Waals surface area contributed by atoms with Gasteiger partial charge in [-0.15, -0.1) is 0 Å². The maximum absolute atomic E-state index is 11.1. The van der Waals surface area contributed by atoms with E-state index in [1.54, 1.807) is 0 Å². The molecule has 1 N–H and O–H groups in total. The molecule has 0 amide bonds. The molecule has 0 heterocycles. The van der Waals surface area contributed by atoms with Crippen LogP contribution in [0.15, 0.2) is 0 Å². The highest BCUT2D eigenvalue weighted by atomic mass is 32.2. The molecule has 0 fully saturated rings. The van der Waals surface area contributed by atoms with Gasteiger partial charge in [0.1, 0.15) is 9.84 Å². The average Bonchev–Trinajstić information content (AvgIpc) is 2.09. The molecule has 1 atom stereocenters. The topological polar surface area (TPSA) is 70.0 Å². The number of nitrogens with one attached hydrogen (secondary N) is 1. The van der Waals surface area contributed by atoms with E-state index in [-0.39, 0.29) is 17.2 Å². The monoisotopic (exact) mass is 246 g/mol. The van der Waals surface area contributed by atoms with Crippen molar-refractivity contribution in [1.29, 1.82) is 5.26 Å². The normalized spacial score (nSPS) is 14.4. The second-order valence-electron chi connectivity index (χ2n) is 5.20. The highest BCUT2D eigenvalue weighted by Gasteiger charge is 2.19. The number of hydrogen-bond acceptors (Lipinski definition) is 4. The maximum atomic E-state index is 11.1. The molecule has 0 saturated heterocycles. The fourth-order valence-corrected chi connectivity index (χ4v) is 2.47. The summed E-state index contributed by atoms with van der Waals surface area (Å²) in [7, 11) is -2.92. The van der Waals surface area contributed by atoms with Crippen molar-refractivity contribution in [1.82, 2.24) is 5.32 Å². The summed E-state index contributed by atoms with van der Waals surface area (Å²) in [6, 6.07) is 2.08. The molecule has 0 aromatic rings. The molecule has 0 aromatic heterocycles. The molecule has 0 rings (SSSR count). The Labute approximate surface area is 99.0 Å². The van der Waals surface area contributed by atoms with Crippen LogP contribution in [0.2, 0.25) is 0 Å². The van der Waals surface area contributed by atoms with E-state index >= 15 is 0 Å². The van der Waals surface area contributed by atoms with Gasteiger partial charge in [-0.05, 0) is 18.8 Å². The van der Waals surface area contributed by atoms with Gasteiger partial charge < -0.3 is 5.32 Å². The Morgan fingerprint density at radius 3 is 2.44 bits per heavy atom. The average molecular weight is 246 g/mol. The van der Waals surface area contributed by atoms with Crippen molar-refractivity contribution in [3.05, 3.63) is 0 Å². The third-order valence-electron chi connectivity index (χ3n) is 2.40. The van der Waals surface area contributed by atoms with Crippen molar-refractivity contribution < 1.29 is 8.42 Å². The maximum Gasteiger partial charge on any atom is 0.148 e. The van der Waals surface area contributed by atoms with Crippen molar-refractivity contribution >= 4 is 9.84 Å². The molecule has 0 aliphatic carbocycles. The zero-order valence-corrected chi connectivity index (χ0v) is 11.4. The Morgan fingerprint density at radius 1 is 1.44 bits per heavy atom. The van der Waals surface area contributed by atoms with Crippen molar-refractivity contribution in [2.75, 3.05) is 18.6 Å². The van der Waals surface area contributed by atoms with E-state index in [0.29, 0.717) is 6.42 Å². The zero-order chi connectivity index (χ0) is 12.8. The Balaban J connectivity index is 4.00. The first-order valence-electron chi connectivity index (χ1n) is 5.44. The summed E-state index contributed by atoms with van der Waals surface area (Å²) in [5, 5.41) is 11.7. The van der Waals surface area contributed by atoms with E-state index in [0.717, 1.165) is 13.0 Å². The van der Waals surface area contributed by atoms with Crippen molar-refractivity contribution in [2.24, 2.45) is 5.41 Å². The van der Waals surface area contributed by atoms with Crippen molar-refractivity contribution in [3.63, 3.8) is 0 Å². The van der Waals surface area contributed by atoms with Crippen molar-refractivity contribution in [2.45, 2.75) is 39.7 Å². The fraction of sp³-hybridized carbons (Fsp3) is 0.909. The van der Waals surface area contributed by atoms with E-state index in [2.05, 4.69) is 25.2 Å². The predicted octanol–water partition coefficient (Wildman–Crippen LogP) is 1.34. The molecule has 0 aliphatic rings. The first-order chi connectivity index (χ1) is 7.16. The third-order valence-corrected chi connectivity index (χ3v) is 3.50. The summed E-state index contributed by atoms with van der Waals surface area (Å²) in [4.78, 5) is 0. The van der Waals surface area contributed by atoms with E-state index in [1.165, 1.54) is 6.26 Å². The molecular formula is C11H22N2O2S. The number of hydrogen-bond donors (Lipinski definition) is 1. The highest BCUT2D eigenvalue weighted by Crippen LogP contribution is 2.20. The van der Waals surface area contributed by atoms with Crippen LogP contribution >= 0.6 is 0 Å². The number of rotatable bonds is 7. The smallest absolute Gasteiger partial charge is 0.148 e. The van der Waals surface area contributed by atoms with E-state index < -0.39 is 9.84 Å². The van der Waals surface area contributed by atoms with Gasteiger partial charge in [0.15, 0.2) is 0 Å². The quantitative estimate of drug-likeness (QED) is 0.736. The lowest BCUT2D eigenvalue weighted by atomic mass is 9.88. The molecule has 0 saturated carbocycles. The Bertz CT molecular complexity index is 341. The van der Waals surface area contributed by atoms with Crippen LogP contribution in [0.3, 0.4) is 0 Å². The first-order valence-corrected chi connectivity index (χ1v) is 7.50. The van der Waals surface area contributed by atoms with Crippen LogP contribution in [-0.4, -0.2) is 33.0 Å². The van der Waals surface area contributed by atoms with Gasteiger partial charge in [0.25, 0.3) is 0 Å². The SMILES string of the molecule is CC(CS(C)(=O)=O)NCC(C)(C)CCC#N. The first kappa shape index (κ1) is 15.4. The predicted molar refractivity (Wildman–Crippen MR) is 65.8 cm³/mol. The fourth-order valence-electron chi connectivity index (χ4n) is 1.45. The third kappa shape index (κ3) is 8.69.